The second kappa shape index (κ2) is 10.3. The number of ether oxygens (including phenoxy) is 2. The van der Waals surface area contributed by atoms with E-state index < -0.39 is 11.9 Å². The molecule has 0 N–H and O–H groups in total. The van der Waals surface area contributed by atoms with Gasteiger partial charge in [0.1, 0.15) is 12.4 Å². The molecule has 1 unspecified atom stereocenters. The molecule has 0 amide bonds. The van der Waals surface area contributed by atoms with Crippen LogP contribution in [0.15, 0.2) is 40.5 Å². The first kappa shape index (κ1) is 24.6. The van der Waals surface area contributed by atoms with Gasteiger partial charge >= 0.3 is 5.97 Å². The third kappa shape index (κ3) is 4.15. The van der Waals surface area contributed by atoms with Crippen molar-refractivity contribution in [3.63, 3.8) is 0 Å². The number of aromatic nitrogens is 1. The zero-order chi connectivity index (χ0) is 25.0. The summed E-state index contributed by atoms with van der Waals surface area (Å²) >= 11 is 0. The van der Waals surface area contributed by atoms with Gasteiger partial charge in [0.2, 0.25) is 0 Å². The molecule has 1 aromatic carbocycles. The fourth-order valence-corrected chi connectivity index (χ4v) is 4.60. The van der Waals surface area contributed by atoms with Crippen LogP contribution < -0.4 is 15.2 Å². The molecule has 1 aliphatic rings. The maximum Gasteiger partial charge on any atom is 0.336 e. The lowest BCUT2D eigenvalue weighted by atomic mass is 9.79. The van der Waals surface area contributed by atoms with Crippen LogP contribution in [0.25, 0.3) is 0 Å². The number of esters is 1. The second-order valence-electron chi connectivity index (χ2n) is 7.95. The standard InChI is InChI=1S/C26H28N4O4/c1-6-29-15-16(3)24-23(25(29)31)22(19-10-9-18(14-28)13-20(19)33-5)21(17(4)30(24)7-2)26(32)34-12-8-11-27/h9-10,13,15,22H,6-8,12H2,1-5H3. The van der Waals surface area contributed by atoms with Gasteiger partial charge in [-0.25, -0.2) is 4.79 Å². The highest BCUT2D eigenvalue weighted by Crippen LogP contribution is 2.47. The number of hydrogen-bond donors (Lipinski definition) is 0. The highest BCUT2D eigenvalue weighted by Gasteiger charge is 2.40. The molecule has 1 atom stereocenters. The summed E-state index contributed by atoms with van der Waals surface area (Å²) in [5.74, 6) is -0.948. The Bertz CT molecular complexity index is 1290. The summed E-state index contributed by atoms with van der Waals surface area (Å²) < 4.78 is 12.7. The number of benzene rings is 1. The molecule has 0 fully saturated rings. The number of allylic oxidation sites excluding steroid dienone is 1. The Hall–Kier alpha value is -4.04. The number of nitrogens with zero attached hydrogens (tertiary/aromatic N) is 4. The molecule has 0 bridgehead atoms. The normalized spacial score (nSPS) is 14.8. The van der Waals surface area contributed by atoms with E-state index in [9.17, 15) is 14.9 Å². The predicted octanol–water partition coefficient (Wildman–Crippen LogP) is 3.76. The monoisotopic (exact) mass is 460 g/mol. The zero-order valence-electron chi connectivity index (χ0n) is 20.1. The highest BCUT2D eigenvalue weighted by molar-refractivity contribution is 5.95. The van der Waals surface area contributed by atoms with Gasteiger partial charge in [-0.05, 0) is 45.4 Å². The lowest BCUT2D eigenvalue weighted by Crippen LogP contribution is -2.39. The molecule has 2 heterocycles. The SMILES string of the molecule is CCN1C(C)=C(C(=O)OCCC#N)C(c2ccc(C#N)cc2OC)c2c1c(C)cn(CC)c2=O. The van der Waals surface area contributed by atoms with E-state index in [1.54, 1.807) is 22.8 Å². The van der Waals surface area contributed by atoms with Crippen molar-refractivity contribution in [2.45, 2.75) is 46.6 Å². The minimum atomic E-state index is -0.764. The van der Waals surface area contributed by atoms with Crippen LogP contribution in [-0.2, 0) is 16.1 Å². The van der Waals surface area contributed by atoms with Gasteiger partial charge in [0.05, 0.1) is 54.0 Å². The maximum absolute atomic E-state index is 13.7. The molecule has 1 aromatic heterocycles. The van der Waals surface area contributed by atoms with Gasteiger partial charge < -0.3 is 18.9 Å². The van der Waals surface area contributed by atoms with Crippen LogP contribution in [0.4, 0.5) is 5.69 Å². The topological polar surface area (TPSA) is 108 Å². The molecule has 0 radical (unpaired) electrons. The van der Waals surface area contributed by atoms with E-state index in [2.05, 4.69) is 6.07 Å². The van der Waals surface area contributed by atoms with Crippen molar-refractivity contribution in [2.75, 3.05) is 25.2 Å². The van der Waals surface area contributed by atoms with Gasteiger partial charge in [-0.1, -0.05) is 6.07 Å². The van der Waals surface area contributed by atoms with Crippen molar-refractivity contribution >= 4 is 11.7 Å². The average Bonchev–Trinajstić information content (AvgIpc) is 2.84. The molecular formula is C26H28N4O4. The Kier molecular flexibility index (Phi) is 7.43. The van der Waals surface area contributed by atoms with E-state index in [-0.39, 0.29) is 18.6 Å². The van der Waals surface area contributed by atoms with Gasteiger partial charge in [-0.15, -0.1) is 0 Å². The maximum atomic E-state index is 13.7. The summed E-state index contributed by atoms with van der Waals surface area (Å²) in [5.41, 5.74) is 3.92. The van der Waals surface area contributed by atoms with Crippen LogP contribution in [0.1, 0.15) is 55.4 Å². The van der Waals surface area contributed by atoms with Crippen LogP contribution >= 0.6 is 0 Å². The van der Waals surface area contributed by atoms with Crippen LogP contribution in [0, 0.1) is 29.6 Å². The van der Waals surface area contributed by atoms with Crippen molar-refractivity contribution in [3.05, 3.63) is 68.3 Å². The average molecular weight is 461 g/mol. The summed E-state index contributed by atoms with van der Waals surface area (Å²) in [6.07, 6.45) is 1.90. The number of carbonyl (C=O) groups is 1. The highest BCUT2D eigenvalue weighted by atomic mass is 16.5. The van der Waals surface area contributed by atoms with Crippen LogP contribution in [0.2, 0.25) is 0 Å². The Morgan fingerprint density at radius 2 is 1.91 bits per heavy atom. The van der Waals surface area contributed by atoms with Crippen molar-refractivity contribution in [3.8, 4) is 17.9 Å². The van der Waals surface area contributed by atoms with Crippen LogP contribution in [-0.4, -0.2) is 30.8 Å². The summed E-state index contributed by atoms with van der Waals surface area (Å²) in [6, 6.07) is 9.03. The minimum absolute atomic E-state index is 0.0463. The van der Waals surface area contributed by atoms with Crippen LogP contribution in [0.5, 0.6) is 5.75 Å². The van der Waals surface area contributed by atoms with Crippen molar-refractivity contribution in [1.82, 2.24) is 4.57 Å². The Balaban J connectivity index is 2.41. The predicted molar refractivity (Wildman–Crippen MR) is 128 cm³/mol. The van der Waals surface area contributed by atoms with Crippen LogP contribution in [0.3, 0.4) is 0 Å². The third-order valence-corrected chi connectivity index (χ3v) is 6.11. The van der Waals surface area contributed by atoms with Gasteiger partial charge in [-0.3, -0.25) is 4.79 Å². The number of nitriles is 2. The minimum Gasteiger partial charge on any atom is -0.496 e. The molecule has 1 aliphatic heterocycles. The Labute approximate surface area is 199 Å². The first-order valence-electron chi connectivity index (χ1n) is 11.2. The first-order valence-corrected chi connectivity index (χ1v) is 11.2. The molecular weight excluding hydrogens is 432 g/mol. The molecule has 0 saturated heterocycles. The molecule has 34 heavy (non-hydrogen) atoms. The van der Waals surface area contributed by atoms with Crippen molar-refractivity contribution < 1.29 is 14.3 Å². The number of rotatable bonds is 7. The summed E-state index contributed by atoms with van der Waals surface area (Å²) in [5, 5.41) is 18.2. The lowest BCUT2D eigenvalue weighted by molar-refractivity contribution is -0.139. The number of aryl methyl sites for hydroxylation is 2. The molecule has 8 nitrogen and oxygen atoms in total. The van der Waals surface area contributed by atoms with Gasteiger partial charge in [-0.2, -0.15) is 10.5 Å². The fraction of sp³-hybridized carbons (Fsp3) is 0.385. The smallest absolute Gasteiger partial charge is 0.336 e. The van der Waals surface area contributed by atoms with Gasteiger partial charge in [0.15, 0.2) is 0 Å². The summed E-state index contributed by atoms with van der Waals surface area (Å²) in [7, 11) is 1.49. The van der Waals surface area contributed by atoms with Crippen molar-refractivity contribution in [1.29, 1.82) is 10.5 Å². The number of carbonyl (C=O) groups excluding carboxylic acids is 1. The molecule has 2 aromatic rings. The largest absolute Gasteiger partial charge is 0.496 e. The first-order chi connectivity index (χ1) is 16.3. The number of fused-ring (bicyclic) bond motifs is 1. The number of anilines is 1. The summed E-state index contributed by atoms with van der Waals surface area (Å²) in [4.78, 5) is 29.1. The summed E-state index contributed by atoms with van der Waals surface area (Å²) in [6.45, 7) is 8.60. The van der Waals surface area contributed by atoms with Gasteiger partial charge in [0, 0.05) is 30.5 Å². The Morgan fingerprint density at radius 1 is 1.18 bits per heavy atom. The number of pyridine rings is 1. The number of methoxy groups -OCH3 is 1. The quantitative estimate of drug-likeness (QED) is 0.457. The van der Waals surface area contributed by atoms with Crippen molar-refractivity contribution in [2.24, 2.45) is 0 Å². The fourth-order valence-electron chi connectivity index (χ4n) is 4.60. The lowest BCUT2D eigenvalue weighted by Gasteiger charge is -2.38. The molecule has 0 spiro atoms. The molecule has 8 heteroatoms. The Morgan fingerprint density at radius 3 is 2.50 bits per heavy atom. The van der Waals surface area contributed by atoms with E-state index in [0.29, 0.717) is 46.8 Å². The zero-order valence-corrected chi connectivity index (χ0v) is 20.1. The molecule has 3 rings (SSSR count). The third-order valence-electron chi connectivity index (χ3n) is 6.11. The van der Waals surface area contributed by atoms with E-state index in [1.807, 2.05) is 44.9 Å². The van der Waals surface area contributed by atoms with E-state index >= 15 is 0 Å². The van der Waals surface area contributed by atoms with E-state index in [4.69, 9.17) is 14.7 Å². The molecule has 0 aliphatic carbocycles. The molecule has 176 valence electrons. The second-order valence-corrected chi connectivity index (χ2v) is 7.95. The van der Waals surface area contributed by atoms with E-state index in [1.165, 1.54) is 7.11 Å². The van der Waals surface area contributed by atoms with Gasteiger partial charge in [0.25, 0.3) is 5.56 Å². The number of hydrogen-bond acceptors (Lipinski definition) is 7. The molecule has 0 saturated carbocycles. The van der Waals surface area contributed by atoms with E-state index in [0.717, 1.165) is 11.3 Å².